The van der Waals surface area contributed by atoms with E-state index in [1.54, 1.807) is 30.5 Å². The second kappa shape index (κ2) is 6.23. The minimum Gasteiger partial charge on any atom is -0.508 e. The molecule has 2 aromatic carbocycles. The van der Waals surface area contributed by atoms with Crippen molar-refractivity contribution in [2.45, 2.75) is 6.54 Å². The van der Waals surface area contributed by atoms with Gasteiger partial charge in [-0.05, 0) is 42.0 Å². The van der Waals surface area contributed by atoms with Crippen LogP contribution in [-0.2, 0) is 16.1 Å². The normalized spacial score (nSPS) is 10.4. The Morgan fingerprint density at radius 1 is 1.04 bits per heavy atom. The van der Waals surface area contributed by atoms with Crippen molar-refractivity contribution in [3.05, 3.63) is 60.3 Å². The van der Waals surface area contributed by atoms with Gasteiger partial charge in [0.1, 0.15) is 5.75 Å². The molecule has 0 atom stereocenters. The first-order valence-electron chi connectivity index (χ1n) is 7.06. The highest BCUT2D eigenvalue weighted by molar-refractivity contribution is 6.39. The molecular formula is C17H15N3O3. The summed E-state index contributed by atoms with van der Waals surface area (Å²) in [6.45, 7) is 0.164. The number of aromatic amines is 1. The molecule has 0 bridgehead atoms. The van der Waals surface area contributed by atoms with Gasteiger partial charge in [-0.3, -0.25) is 9.59 Å². The highest BCUT2D eigenvalue weighted by atomic mass is 16.3. The summed E-state index contributed by atoms with van der Waals surface area (Å²) >= 11 is 0. The molecule has 0 fully saturated rings. The van der Waals surface area contributed by atoms with Crippen molar-refractivity contribution in [3.8, 4) is 5.75 Å². The lowest BCUT2D eigenvalue weighted by molar-refractivity contribution is -0.136. The first kappa shape index (κ1) is 14.6. The van der Waals surface area contributed by atoms with Gasteiger partial charge in [0.25, 0.3) is 0 Å². The number of benzene rings is 2. The van der Waals surface area contributed by atoms with E-state index in [1.807, 2.05) is 12.1 Å². The van der Waals surface area contributed by atoms with E-state index in [9.17, 15) is 14.7 Å². The summed E-state index contributed by atoms with van der Waals surface area (Å²) < 4.78 is 0. The molecule has 4 N–H and O–H groups in total. The van der Waals surface area contributed by atoms with Crippen molar-refractivity contribution in [3.63, 3.8) is 0 Å². The molecule has 0 aliphatic rings. The van der Waals surface area contributed by atoms with E-state index in [1.165, 1.54) is 12.1 Å². The quantitative estimate of drug-likeness (QED) is 0.558. The number of H-pyrrole nitrogens is 1. The van der Waals surface area contributed by atoms with E-state index >= 15 is 0 Å². The van der Waals surface area contributed by atoms with Crippen molar-refractivity contribution in [1.82, 2.24) is 10.3 Å². The van der Waals surface area contributed by atoms with Crippen LogP contribution < -0.4 is 10.6 Å². The van der Waals surface area contributed by atoms with Gasteiger partial charge in [-0.2, -0.15) is 0 Å². The van der Waals surface area contributed by atoms with E-state index in [-0.39, 0.29) is 12.3 Å². The minimum absolute atomic E-state index is 0.112. The Kier molecular flexibility index (Phi) is 3.97. The molecule has 6 heteroatoms. The van der Waals surface area contributed by atoms with E-state index in [0.29, 0.717) is 11.3 Å². The van der Waals surface area contributed by atoms with Crippen LogP contribution in [0.5, 0.6) is 5.75 Å². The maximum Gasteiger partial charge on any atom is 0.313 e. The molecule has 2 amide bonds. The zero-order valence-electron chi connectivity index (χ0n) is 12.2. The number of phenolic OH excluding ortho intramolecular Hbond substituents is 1. The maximum absolute atomic E-state index is 11.9. The fourth-order valence-corrected chi connectivity index (χ4v) is 2.25. The molecule has 23 heavy (non-hydrogen) atoms. The van der Waals surface area contributed by atoms with Crippen molar-refractivity contribution in [2.24, 2.45) is 0 Å². The van der Waals surface area contributed by atoms with Gasteiger partial charge in [0, 0.05) is 29.3 Å². The number of anilines is 1. The summed E-state index contributed by atoms with van der Waals surface area (Å²) in [5, 5.41) is 15.4. The van der Waals surface area contributed by atoms with Gasteiger partial charge in [0.2, 0.25) is 0 Å². The lowest BCUT2D eigenvalue weighted by atomic mass is 10.2. The predicted molar refractivity (Wildman–Crippen MR) is 86.9 cm³/mol. The standard InChI is InChI=1S/C17H15N3O3/c21-14-3-1-2-11(8-14)10-19-16(22)17(23)20-13-4-5-15-12(9-13)6-7-18-15/h1-9,18,21H,10H2,(H,19,22)(H,20,23). The summed E-state index contributed by atoms with van der Waals surface area (Å²) in [6.07, 6.45) is 1.80. The third-order valence-corrected chi connectivity index (χ3v) is 3.38. The third-order valence-electron chi connectivity index (χ3n) is 3.38. The van der Waals surface area contributed by atoms with Crippen LogP contribution in [-0.4, -0.2) is 21.9 Å². The number of rotatable bonds is 3. The first-order valence-corrected chi connectivity index (χ1v) is 7.06. The molecule has 1 aromatic heterocycles. The van der Waals surface area contributed by atoms with E-state index in [4.69, 9.17) is 0 Å². The van der Waals surface area contributed by atoms with Crippen LogP contribution >= 0.6 is 0 Å². The average molecular weight is 309 g/mol. The molecule has 116 valence electrons. The van der Waals surface area contributed by atoms with Crippen molar-refractivity contribution < 1.29 is 14.7 Å². The summed E-state index contributed by atoms with van der Waals surface area (Å²) in [4.78, 5) is 26.8. The number of hydrogen-bond donors (Lipinski definition) is 4. The number of amides is 2. The van der Waals surface area contributed by atoms with Crippen LogP contribution in [0.3, 0.4) is 0 Å². The van der Waals surface area contributed by atoms with Crippen molar-refractivity contribution >= 4 is 28.4 Å². The topological polar surface area (TPSA) is 94.2 Å². The SMILES string of the molecule is O=C(NCc1cccc(O)c1)C(=O)Nc1ccc2[nH]ccc2c1. The van der Waals surface area contributed by atoms with Gasteiger partial charge in [-0.25, -0.2) is 0 Å². The second-order valence-corrected chi connectivity index (χ2v) is 5.09. The van der Waals surface area contributed by atoms with Gasteiger partial charge >= 0.3 is 11.8 Å². The predicted octanol–water partition coefficient (Wildman–Crippen LogP) is 2.13. The molecule has 0 aliphatic heterocycles. The number of aromatic nitrogens is 1. The number of aromatic hydroxyl groups is 1. The number of carbonyl (C=O) groups is 2. The molecule has 0 unspecified atom stereocenters. The largest absolute Gasteiger partial charge is 0.508 e. The average Bonchev–Trinajstić information content (AvgIpc) is 3.00. The lowest BCUT2D eigenvalue weighted by Gasteiger charge is -2.07. The molecule has 0 radical (unpaired) electrons. The maximum atomic E-state index is 11.9. The Morgan fingerprint density at radius 3 is 2.74 bits per heavy atom. The van der Waals surface area contributed by atoms with E-state index in [0.717, 1.165) is 10.9 Å². The molecule has 0 spiro atoms. The number of phenols is 1. The highest BCUT2D eigenvalue weighted by Gasteiger charge is 2.13. The highest BCUT2D eigenvalue weighted by Crippen LogP contribution is 2.17. The van der Waals surface area contributed by atoms with Crippen molar-refractivity contribution in [2.75, 3.05) is 5.32 Å². The molecule has 3 aromatic rings. The molecule has 0 saturated heterocycles. The van der Waals surface area contributed by atoms with Gasteiger partial charge in [0.05, 0.1) is 0 Å². The van der Waals surface area contributed by atoms with Crippen molar-refractivity contribution in [1.29, 1.82) is 0 Å². The van der Waals surface area contributed by atoms with Gasteiger partial charge in [-0.15, -0.1) is 0 Å². The van der Waals surface area contributed by atoms with Gasteiger partial charge < -0.3 is 20.7 Å². The first-order chi connectivity index (χ1) is 11.1. The zero-order chi connectivity index (χ0) is 16.2. The monoisotopic (exact) mass is 309 g/mol. The Morgan fingerprint density at radius 2 is 1.91 bits per heavy atom. The molecule has 3 rings (SSSR count). The number of nitrogens with one attached hydrogen (secondary N) is 3. The van der Waals surface area contributed by atoms with E-state index in [2.05, 4.69) is 15.6 Å². The summed E-state index contributed by atoms with van der Waals surface area (Å²) in [7, 11) is 0. The number of hydrogen-bond acceptors (Lipinski definition) is 3. The van der Waals surface area contributed by atoms with Crippen LogP contribution in [0.1, 0.15) is 5.56 Å². The number of carbonyl (C=O) groups excluding carboxylic acids is 2. The van der Waals surface area contributed by atoms with Gasteiger partial charge in [0.15, 0.2) is 0 Å². The minimum atomic E-state index is -0.736. The van der Waals surface area contributed by atoms with Crippen LogP contribution in [0, 0.1) is 0 Å². The fourth-order valence-electron chi connectivity index (χ4n) is 2.25. The molecule has 1 heterocycles. The molecule has 6 nitrogen and oxygen atoms in total. The summed E-state index contributed by atoms with van der Waals surface area (Å²) in [5.74, 6) is -1.36. The Bertz CT molecular complexity index is 870. The second-order valence-electron chi connectivity index (χ2n) is 5.09. The van der Waals surface area contributed by atoms with Crippen LogP contribution in [0.4, 0.5) is 5.69 Å². The number of fused-ring (bicyclic) bond motifs is 1. The zero-order valence-corrected chi connectivity index (χ0v) is 12.2. The fraction of sp³-hybridized carbons (Fsp3) is 0.0588. The molecular weight excluding hydrogens is 294 g/mol. The molecule has 0 aliphatic carbocycles. The molecule has 0 saturated carbocycles. The van der Waals surface area contributed by atoms with Crippen LogP contribution in [0.25, 0.3) is 10.9 Å². The Labute approximate surface area is 132 Å². The third kappa shape index (κ3) is 3.49. The smallest absolute Gasteiger partial charge is 0.313 e. The van der Waals surface area contributed by atoms with Crippen LogP contribution in [0.2, 0.25) is 0 Å². The lowest BCUT2D eigenvalue weighted by Crippen LogP contribution is -2.34. The van der Waals surface area contributed by atoms with Gasteiger partial charge in [-0.1, -0.05) is 12.1 Å². The summed E-state index contributed by atoms with van der Waals surface area (Å²) in [6, 6.07) is 13.7. The Hall–Kier alpha value is -3.28. The summed E-state index contributed by atoms with van der Waals surface area (Å²) in [5.41, 5.74) is 2.21. The van der Waals surface area contributed by atoms with Crippen LogP contribution in [0.15, 0.2) is 54.7 Å². The van der Waals surface area contributed by atoms with E-state index < -0.39 is 11.8 Å². The Balaban J connectivity index is 1.59.